The van der Waals surface area contributed by atoms with Gasteiger partial charge in [0.05, 0.1) is 6.61 Å². The summed E-state index contributed by atoms with van der Waals surface area (Å²) in [5, 5.41) is 9.38. The molecule has 0 bridgehead atoms. The van der Waals surface area contributed by atoms with Gasteiger partial charge in [-0.05, 0) is 24.7 Å². The van der Waals surface area contributed by atoms with Gasteiger partial charge in [0.25, 0.3) is 0 Å². The van der Waals surface area contributed by atoms with Gasteiger partial charge in [0.2, 0.25) is 0 Å². The van der Waals surface area contributed by atoms with Gasteiger partial charge in [0, 0.05) is 5.41 Å². The molecule has 1 nitrogen and oxygen atoms in total. The first-order valence-electron chi connectivity index (χ1n) is 4.75. The van der Waals surface area contributed by atoms with E-state index in [0.717, 1.165) is 12.3 Å². The van der Waals surface area contributed by atoms with Gasteiger partial charge in [-0.15, -0.1) is 0 Å². The molecule has 2 rings (SSSR count). The van der Waals surface area contributed by atoms with Crippen molar-refractivity contribution in [2.75, 3.05) is 6.61 Å². The Labute approximate surface area is 73.8 Å². The zero-order chi connectivity index (χ0) is 8.60. The Hall–Kier alpha value is -0.560. The van der Waals surface area contributed by atoms with Crippen molar-refractivity contribution in [1.82, 2.24) is 0 Å². The van der Waals surface area contributed by atoms with Crippen molar-refractivity contribution in [1.29, 1.82) is 0 Å². The second-order valence-corrected chi connectivity index (χ2v) is 4.18. The number of hydrogen-bond donors (Lipinski definition) is 1. The Balaban J connectivity index is 2.31. The molecule has 0 amide bonds. The fourth-order valence-electron chi connectivity index (χ4n) is 2.65. The van der Waals surface area contributed by atoms with Crippen molar-refractivity contribution in [2.45, 2.75) is 19.8 Å². The van der Waals surface area contributed by atoms with Crippen LogP contribution in [0.25, 0.3) is 0 Å². The van der Waals surface area contributed by atoms with Crippen LogP contribution < -0.4 is 0 Å². The molecule has 0 aromatic carbocycles. The smallest absolute Gasteiger partial charge is 0.0527 e. The van der Waals surface area contributed by atoms with Crippen LogP contribution in [0, 0.1) is 17.3 Å². The minimum absolute atomic E-state index is 0.0914. The molecular formula is C11H16O. The van der Waals surface area contributed by atoms with Gasteiger partial charge in [-0.2, -0.15) is 0 Å². The van der Waals surface area contributed by atoms with Crippen molar-refractivity contribution >= 4 is 0 Å². The van der Waals surface area contributed by atoms with Crippen LogP contribution in [0.2, 0.25) is 0 Å². The van der Waals surface area contributed by atoms with E-state index >= 15 is 0 Å². The summed E-state index contributed by atoms with van der Waals surface area (Å²) in [6.45, 7) is 2.59. The lowest BCUT2D eigenvalue weighted by molar-refractivity contribution is 0.138. The van der Waals surface area contributed by atoms with Gasteiger partial charge in [-0.25, -0.2) is 0 Å². The molecular weight excluding hydrogens is 148 g/mol. The Kier molecular flexibility index (Phi) is 1.84. The highest BCUT2D eigenvalue weighted by atomic mass is 16.3. The van der Waals surface area contributed by atoms with E-state index in [1.54, 1.807) is 0 Å². The first kappa shape index (κ1) is 8.06. The highest BCUT2D eigenvalue weighted by Crippen LogP contribution is 2.49. The summed E-state index contributed by atoms with van der Waals surface area (Å²) in [5.74, 6) is 1.31. The predicted octanol–water partition coefficient (Wildman–Crippen LogP) is 2.14. The van der Waals surface area contributed by atoms with E-state index in [1.165, 1.54) is 6.42 Å². The molecule has 1 saturated carbocycles. The number of allylic oxidation sites excluding steroid dienone is 3. The Bertz CT molecular complexity index is 229. The average Bonchev–Trinajstić information content (AvgIpc) is 2.46. The second-order valence-electron chi connectivity index (χ2n) is 4.18. The zero-order valence-electron chi connectivity index (χ0n) is 7.53. The maximum atomic E-state index is 9.38. The molecule has 0 heterocycles. The molecule has 12 heavy (non-hydrogen) atoms. The third-order valence-corrected chi connectivity index (χ3v) is 3.49. The van der Waals surface area contributed by atoms with E-state index in [9.17, 15) is 5.11 Å². The van der Waals surface area contributed by atoms with Gasteiger partial charge < -0.3 is 5.11 Å². The molecule has 1 fully saturated rings. The van der Waals surface area contributed by atoms with E-state index in [0.29, 0.717) is 12.5 Å². The van der Waals surface area contributed by atoms with Gasteiger partial charge in [0.15, 0.2) is 0 Å². The largest absolute Gasteiger partial charge is 0.395 e. The Morgan fingerprint density at radius 3 is 3.00 bits per heavy atom. The van der Waals surface area contributed by atoms with Crippen LogP contribution in [0.4, 0.5) is 0 Å². The molecule has 66 valence electrons. The lowest BCUT2D eigenvalue weighted by Crippen LogP contribution is -2.29. The molecule has 3 atom stereocenters. The Morgan fingerprint density at radius 2 is 2.33 bits per heavy atom. The average molecular weight is 164 g/mol. The number of fused-ring (bicyclic) bond motifs is 1. The molecule has 2 aliphatic carbocycles. The summed E-state index contributed by atoms with van der Waals surface area (Å²) < 4.78 is 0. The van der Waals surface area contributed by atoms with Crippen molar-refractivity contribution in [3.8, 4) is 0 Å². The number of rotatable bonds is 1. The molecule has 0 unspecified atom stereocenters. The SMILES string of the molecule is C[C@@H]1CC[C@@]2(CO)C=CC=C[C@@H]12. The normalized spacial score (nSPS) is 44.8. The van der Waals surface area contributed by atoms with E-state index in [2.05, 4.69) is 31.2 Å². The first-order valence-corrected chi connectivity index (χ1v) is 4.75. The maximum absolute atomic E-state index is 9.38. The Morgan fingerprint density at radius 1 is 1.50 bits per heavy atom. The summed E-state index contributed by atoms with van der Waals surface area (Å²) in [5.41, 5.74) is 0.0914. The maximum Gasteiger partial charge on any atom is 0.0527 e. The molecule has 1 N–H and O–H groups in total. The highest BCUT2D eigenvalue weighted by Gasteiger charge is 2.43. The molecule has 0 radical (unpaired) electrons. The van der Waals surface area contributed by atoms with Crippen LogP contribution in [-0.2, 0) is 0 Å². The highest BCUT2D eigenvalue weighted by molar-refractivity contribution is 5.23. The number of hydrogen-bond acceptors (Lipinski definition) is 1. The molecule has 1 heteroatoms. The minimum atomic E-state index is 0.0914. The van der Waals surface area contributed by atoms with Crippen molar-refractivity contribution in [3.05, 3.63) is 24.3 Å². The molecule has 0 aromatic heterocycles. The third kappa shape index (κ3) is 0.962. The summed E-state index contributed by atoms with van der Waals surface area (Å²) in [6, 6.07) is 0. The topological polar surface area (TPSA) is 20.2 Å². The van der Waals surface area contributed by atoms with E-state index in [-0.39, 0.29) is 5.41 Å². The van der Waals surface area contributed by atoms with Crippen LogP contribution in [0.3, 0.4) is 0 Å². The molecule has 0 aliphatic heterocycles. The monoisotopic (exact) mass is 164 g/mol. The van der Waals surface area contributed by atoms with Crippen molar-refractivity contribution in [2.24, 2.45) is 17.3 Å². The van der Waals surface area contributed by atoms with Gasteiger partial charge in [-0.1, -0.05) is 31.2 Å². The molecule has 0 aromatic rings. The van der Waals surface area contributed by atoms with Crippen LogP contribution in [0.5, 0.6) is 0 Å². The summed E-state index contributed by atoms with van der Waals surface area (Å²) in [6.07, 6.45) is 11.0. The van der Waals surface area contributed by atoms with Crippen molar-refractivity contribution < 1.29 is 5.11 Å². The standard InChI is InChI=1S/C11H16O/c1-9-5-7-11(8-12)6-3-2-4-10(9)11/h2-4,6,9-10,12H,5,7-8H2,1H3/t9-,10+,11-/m1/s1. The lowest BCUT2D eigenvalue weighted by atomic mass is 9.74. The van der Waals surface area contributed by atoms with Crippen LogP contribution in [0.15, 0.2) is 24.3 Å². The molecule has 0 saturated heterocycles. The fraction of sp³-hybridized carbons (Fsp3) is 0.636. The van der Waals surface area contributed by atoms with Gasteiger partial charge in [0.1, 0.15) is 0 Å². The number of aliphatic hydroxyl groups excluding tert-OH is 1. The summed E-state index contributed by atoms with van der Waals surface area (Å²) in [7, 11) is 0. The molecule has 0 spiro atoms. The van der Waals surface area contributed by atoms with Crippen LogP contribution >= 0.6 is 0 Å². The molecule has 2 aliphatic rings. The van der Waals surface area contributed by atoms with E-state index < -0.39 is 0 Å². The lowest BCUT2D eigenvalue weighted by Gasteiger charge is -2.32. The first-order chi connectivity index (χ1) is 5.78. The van der Waals surface area contributed by atoms with Gasteiger partial charge in [-0.3, -0.25) is 0 Å². The number of aliphatic hydroxyl groups is 1. The van der Waals surface area contributed by atoms with Crippen LogP contribution in [0.1, 0.15) is 19.8 Å². The summed E-state index contributed by atoms with van der Waals surface area (Å²) in [4.78, 5) is 0. The van der Waals surface area contributed by atoms with Crippen molar-refractivity contribution in [3.63, 3.8) is 0 Å². The third-order valence-electron chi connectivity index (χ3n) is 3.49. The van der Waals surface area contributed by atoms with E-state index in [4.69, 9.17) is 0 Å². The fourth-order valence-corrected chi connectivity index (χ4v) is 2.65. The minimum Gasteiger partial charge on any atom is -0.395 e. The van der Waals surface area contributed by atoms with Gasteiger partial charge >= 0.3 is 0 Å². The van der Waals surface area contributed by atoms with E-state index in [1.807, 2.05) is 0 Å². The zero-order valence-corrected chi connectivity index (χ0v) is 7.53. The van der Waals surface area contributed by atoms with Crippen LogP contribution in [-0.4, -0.2) is 11.7 Å². The predicted molar refractivity (Wildman–Crippen MR) is 49.7 cm³/mol. The summed E-state index contributed by atoms with van der Waals surface area (Å²) >= 11 is 0. The second kappa shape index (κ2) is 2.74. The quantitative estimate of drug-likeness (QED) is 0.629.